The number of ether oxygens (including phenoxy) is 2. The Morgan fingerprint density at radius 3 is 2.43 bits per heavy atom. The molecule has 1 heterocycles. The zero-order valence-corrected chi connectivity index (χ0v) is 15.8. The van der Waals surface area contributed by atoms with Crippen LogP contribution in [0.4, 0.5) is 8.78 Å². The van der Waals surface area contributed by atoms with Gasteiger partial charge in [-0.15, -0.1) is 0 Å². The molecule has 0 fully saturated rings. The first-order valence-corrected chi connectivity index (χ1v) is 9.09. The second-order valence-electron chi connectivity index (χ2n) is 6.15. The molecule has 0 saturated carbocycles. The van der Waals surface area contributed by atoms with Crippen molar-refractivity contribution in [2.24, 2.45) is 0 Å². The molecule has 2 aromatic carbocycles. The van der Waals surface area contributed by atoms with Gasteiger partial charge < -0.3 is 14.8 Å². The second kappa shape index (κ2) is 10.1. The summed E-state index contributed by atoms with van der Waals surface area (Å²) in [4.78, 5) is 24.3. The number of alkyl halides is 2. The van der Waals surface area contributed by atoms with Gasteiger partial charge in [0.25, 0.3) is 11.5 Å². The molecular weight excluding hydrogens is 396 g/mol. The number of carbonyl (C=O) groups is 1. The van der Waals surface area contributed by atoms with Gasteiger partial charge in [-0.1, -0.05) is 30.3 Å². The summed E-state index contributed by atoms with van der Waals surface area (Å²) < 4.78 is 35.3. The first-order chi connectivity index (χ1) is 14.5. The largest absolute Gasteiger partial charge is 0.492 e. The molecule has 9 heteroatoms. The maximum absolute atomic E-state index is 12.3. The van der Waals surface area contributed by atoms with Gasteiger partial charge in [-0.3, -0.25) is 9.59 Å². The van der Waals surface area contributed by atoms with Crippen LogP contribution in [0.15, 0.2) is 71.5 Å². The number of hydrogen-bond acceptors (Lipinski definition) is 5. The van der Waals surface area contributed by atoms with Crippen LogP contribution < -0.4 is 20.3 Å². The maximum atomic E-state index is 12.3. The van der Waals surface area contributed by atoms with Crippen LogP contribution in [0.3, 0.4) is 0 Å². The Balaban J connectivity index is 1.55. The topological polar surface area (TPSA) is 82.5 Å². The lowest BCUT2D eigenvalue weighted by Crippen LogP contribution is -2.30. The van der Waals surface area contributed by atoms with Crippen LogP contribution in [-0.4, -0.2) is 28.9 Å². The Bertz CT molecular complexity index is 1020. The number of nitrogens with zero attached hydrogens (tertiary/aromatic N) is 2. The van der Waals surface area contributed by atoms with E-state index >= 15 is 0 Å². The predicted octanol–water partition coefficient (Wildman–Crippen LogP) is 2.85. The molecule has 0 aliphatic heterocycles. The van der Waals surface area contributed by atoms with Gasteiger partial charge in [0.1, 0.15) is 23.8 Å². The van der Waals surface area contributed by atoms with Crippen molar-refractivity contribution < 1.29 is 23.0 Å². The predicted molar refractivity (Wildman–Crippen MR) is 105 cm³/mol. The number of carbonyl (C=O) groups excluding carboxylic acids is 1. The quantitative estimate of drug-likeness (QED) is 0.581. The Morgan fingerprint density at radius 2 is 1.73 bits per heavy atom. The summed E-state index contributed by atoms with van der Waals surface area (Å²) in [7, 11) is 0. The first kappa shape index (κ1) is 21.0. The third-order valence-corrected chi connectivity index (χ3v) is 4.02. The van der Waals surface area contributed by atoms with Gasteiger partial charge in [0.15, 0.2) is 0 Å². The molecule has 0 radical (unpaired) electrons. The molecule has 3 rings (SSSR count). The molecule has 0 atom stereocenters. The van der Waals surface area contributed by atoms with Gasteiger partial charge in [-0.05, 0) is 35.9 Å². The summed E-state index contributed by atoms with van der Waals surface area (Å²) in [6.45, 7) is -2.34. The van der Waals surface area contributed by atoms with E-state index in [9.17, 15) is 18.4 Å². The Morgan fingerprint density at radius 1 is 1.00 bits per heavy atom. The smallest absolute Gasteiger partial charge is 0.387 e. The third kappa shape index (κ3) is 6.13. The van der Waals surface area contributed by atoms with Gasteiger partial charge in [-0.2, -0.15) is 13.9 Å². The van der Waals surface area contributed by atoms with Crippen molar-refractivity contribution >= 4 is 5.91 Å². The highest BCUT2D eigenvalue weighted by atomic mass is 19.3. The fraction of sp³-hybridized carbons (Fsp3) is 0.190. The molecule has 0 bridgehead atoms. The molecule has 156 valence electrons. The van der Waals surface area contributed by atoms with Gasteiger partial charge in [0.2, 0.25) is 0 Å². The van der Waals surface area contributed by atoms with Crippen LogP contribution in [0.1, 0.15) is 16.1 Å². The van der Waals surface area contributed by atoms with Crippen molar-refractivity contribution in [1.82, 2.24) is 15.1 Å². The molecule has 1 N–H and O–H groups in total. The lowest BCUT2D eigenvalue weighted by molar-refractivity contribution is -0.0498. The summed E-state index contributed by atoms with van der Waals surface area (Å²) in [5.41, 5.74) is 0.416. The van der Waals surface area contributed by atoms with Crippen molar-refractivity contribution in [2.75, 3.05) is 6.61 Å². The molecule has 0 spiro atoms. The summed E-state index contributed by atoms with van der Waals surface area (Å²) in [5, 5.41) is 6.74. The van der Waals surface area contributed by atoms with Crippen molar-refractivity contribution in [2.45, 2.75) is 19.7 Å². The Hall–Kier alpha value is -3.75. The number of benzene rings is 2. The Kier molecular flexibility index (Phi) is 7.09. The van der Waals surface area contributed by atoms with Crippen LogP contribution >= 0.6 is 0 Å². The summed E-state index contributed by atoms with van der Waals surface area (Å²) in [5.74, 6) is 0.233. The number of amides is 1. The number of nitrogens with one attached hydrogen (secondary N) is 1. The molecule has 1 aromatic heterocycles. The number of halogens is 2. The molecule has 0 aliphatic carbocycles. The van der Waals surface area contributed by atoms with E-state index in [-0.39, 0.29) is 36.7 Å². The second-order valence-corrected chi connectivity index (χ2v) is 6.15. The molecule has 30 heavy (non-hydrogen) atoms. The SMILES string of the molecule is O=C(NCc1ccc(OC(F)F)cc1)c1ccc(=O)n(CCOc2ccccc2)n1. The third-order valence-electron chi connectivity index (χ3n) is 4.02. The minimum atomic E-state index is -2.89. The average molecular weight is 415 g/mol. The number of hydrogen-bond donors (Lipinski definition) is 1. The zero-order chi connectivity index (χ0) is 21.3. The molecule has 1 amide bonds. The van der Waals surface area contributed by atoms with E-state index in [0.717, 1.165) is 4.68 Å². The van der Waals surface area contributed by atoms with Crippen molar-refractivity contribution in [3.63, 3.8) is 0 Å². The van der Waals surface area contributed by atoms with Crippen LogP contribution in [0.5, 0.6) is 11.5 Å². The minimum Gasteiger partial charge on any atom is -0.492 e. The Labute approximate surface area is 170 Å². The van der Waals surface area contributed by atoms with Gasteiger partial charge in [0.05, 0.1) is 6.54 Å². The van der Waals surface area contributed by atoms with Gasteiger partial charge in [-0.25, -0.2) is 4.68 Å². The fourth-order valence-electron chi connectivity index (χ4n) is 2.56. The van der Waals surface area contributed by atoms with Crippen LogP contribution in [0.25, 0.3) is 0 Å². The molecule has 0 saturated heterocycles. The van der Waals surface area contributed by atoms with Crippen molar-refractivity contribution in [1.29, 1.82) is 0 Å². The van der Waals surface area contributed by atoms with E-state index in [1.807, 2.05) is 18.2 Å². The van der Waals surface area contributed by atoms with Gasteiger partial charge in [0, 0.05) is 12.6 Å². The summed E-state index contributed by atoms with van der Waals surface area (Å²) in [6.07, 6.45) is 0. The fourth-order valence-corrected chi connectivity index (χ4v) is 2.56. The van der Waals surface area contributed by atoms with Crippen molar-refractivity contribution in [3.05, 3.63) is 88.3 Å². The van der Waals surface area contributed by atoms with E-state index in [2.05, 4.69) is 15.2 Å². The van der Waals surface area contributed by atoms with Crippen LogP contribution in [0, 0.1) is 0 Å². The van der Waals surface area contributed by atoms with Gasteiger partial charge >= 0.3 is 6.61 Å². The summed E-state index contributed by atoms with van der Waals surface area (Å²) >= 11 is 0. The van der Waals surface area contributed by atoms with E-state index in [4.69, 9.17) is 4.74 Å². The lowest BCUT2D eigenvalue weighted by Gasteiger charge is -2.10. The molecule has 0 unspecified atom stereocenters. The van der Waals surface area contributed by atoms with E-state index in [1.165, 1.54) is 24.3 Å². The normalized spacial score (nSPS) is 10.6. The highest BCUT2D eigenvalue weighted by molar-refractivity contribution is 5.91. The highest BCUT2D eigenvalue weighted by Crippen LogP contribution is 2.14. The number of para-hydroxylation sites is 1. The summed E-state index contributed by atoms with van der Waals surface area (Å²) in [6, 6.07) is 17.6. The molecule has 0 aliphatic rings. The highest BCUT2D eigenvalue weighted by Gasteiger charge is 2.10. The van der Waals surface area contributed by atoms with E-state index in [0.29, 0.717) is 11.3 Å². The zero-order valence-electron chi connectivity index (χ0n) is 15.8. The monoisotopic (exact) mass is 415 g/mol. The standard InChI is InChI=1S/C21H19F2N3O4/c22-21(23)30-17-8-6-15(7-9-17)14-24-20(28)18-10-11-19(27)26(25-18)12-13-29-16-4-2-1-3-5-16/h1-11,21H,12-14H2,(H,24,28). The average Bonchev–Trinajstić information content (AvgIpc) is 2.75. The molecular formula is C21H19F2N3O4. The van der Waals surface area contributed by atoms with E-state index < -0.39 is 12.5 Å². The number of rotatable bonds is 9. The molecule has 7 nitrogen and oxygen atoms in total. The lowest BCUT2D eigenvalue weighted by atomic mass is 10.2. The van der Waals surface area contributed by atoms with Crippen LogP contribution in [-0.2, 0) is 13.1 Å². The van der Waals surface area contributed by atoms with Crippen LogP contribution in [0.2, 0.25) is 0 Å². The van der Waals surface area contributed by atoms with E-state index in [1.54, 1.807) is 24.3 Å². The maximum Gasteiger partial charge on any atom is 0.387 e. The number of aromatic nitrogens is 2. The van der Waals surface area contributed by atoms with Crippen molar-refractivity contribution in [3.8, 4) is 11.5 Å². The first-order valence-electron chi connectivity index (χ1n) is 9.09. The minimum absolute atomic E-state index is 0.0338. The molecule has 3 aromatic rings.